The van der Waals surface area contributed by atoms with E-state index in [9.17, 15) is 0 Å². The van der Waals surface area contributed by atoms with Crippen LogP contribution >= 0.6 is 0 Å². The lowest BCUT2D eigenvalue weighted by Crippen LogP contribution is -2.25. The van der Waals surface area contributed by atoms with Gasteiger partial charge in [-0.3, -0.25) is 0 Å². The fourth-order valence-corrected chi connectivity index (χ4v) is 5.89. The molecular weight excluding hydrogens is 372 g/mol. The summed E-state index contributed by atoms with van der Waals surface area (Å²) in [6.45, 7) is 4.59. The van der Waals surface area contributed by atoms with Gasteiger partial charge in [0.25, 0.3) is 0 Å². The third-order valence-corrected chi connectivity index (χ3v) is 8.03. The molecule has 31 heavy (non-hydrogen) atoms. The molecule has 0 amide bonds. The van der Waals surface area contributed by atoms with Crippen molar-refractivity contribution in [3.63, 3.8) is 0 Å². The average molecular weight is 419 g/mol. The van der Waals surface area contributed by atoms with E-state index in [1.54, 1.807) is 0 Å². The molecule has 2 fully saturated rings. The first-order valence-corrected chi connectivity index (χ1v) is 13.6. The maximum atomic E-state index is 3.32. The van der Waals surface area contributed by atoms with E-state index in [0.717, 1.165) is 29.2 Å². The highest BCUT2D eigenvalue weighted by Gasteiger charge is 2.30. The monoisotopic (exact) mass is 418 g/mol. The molecule has 0 unspecified atom stereocenters. The van der Waals surface area contributed by atoms with E-state index in [1.165, 1.54) is 102 Å². The Morgan fingerprint density at radius 3 is 2.06 bits per heavy atom. The standard InChI is InChI=1S/C31H46/c1-3-5-7-11-27-14-16-28(17-15-27)12-8-9-13-29-20-24-31(25-21-29)30-22-18-26(19-23-30)10-6-4-2/h9,13-17,26,29-31H,3-7,10-11,18-25H2,1-2H3/b13-9+. The Bertz CT molecular complexity index is 682. The molecule has 0 heteroatoms. The topological polar surface area (TPSA) is 0 Å². The summed E-state index contributed by atoms with van der Waals surface area (Å²) in [5.74, 6) is 10.5. The fourth-order valence-electron chi connectivity index (χ4n) is 5.89. The zero-order valence-electron chi connectivity index (χ0n) is 20.4. The van der Waals surface area contributed by atoms with E-state index in [1.807, 2.05) is 0 Å². The second kappa shape index (κ2) is 13.8. The van der Waals surface area contributed by atoms with Gasteiger partial charge in [-0.15, -0.1) is 0 Å². The molecular formula is C31H46. The number of hydrogen-bond donors (Lipinski definition) is 0. The van der Waals surface area contributed by atoms with Crippen molar-refractivity contribution in [3.8, 4) is 11.8 Å². The lowest BCUT2D eigenvalue weighted by molar-refractivity contribution is 0.152. The summed E-state index contributed by atoms with van der Waals surface area (Å²) >= 11 is 0. The molecule has 0 atom stereocenters. The van der Waals surface area contributed by atoms with E-state index in [2.05, 4.69) is 62.1 Å². The molecule has 0 heterocycles. The summed E-state index contributed by atoms with van der Waals surface area (Å²) < 4.78 is 0. The second-order valence-corrected chi connectivity index (χ2v) is 10.4. The third kappa shape index (κ3) is 8.52. The van der Waals surface area contributed by atoms with Crippen molar-refractivity contribution in [1.29, 1.82) is 0 Å². The summed E-state index contributed by atoms with van der Waals surface area (Å²) in [5, 5.41) is 0. The van der Waals surface area contributed by atoms with Crippen molar-refractivity contribution >= 4 is 0 Å². The normalized spacial score (nSPS) is 26.5. The first-order valence-electron chi connectivity index (χ1n) is 13.6. The number of rotatable bonds is 9. The number of hydrogen-bond acceptors (Lipinski definition) is 0. The molecule has 1 aromatic carbocycles. The molecule has 2 aliphatic rings. The van der Waals surface area contributed by atoms with Gasteiger partial charge in [0.2, 0.25) is 0 Å². The molecule has 0 nitrogen and oxygen atoms in total. The Hall–Kier alpha value is -1.48. The molecule has 0 bridgehead atoms. The van der Waals surface area contributed by atoms with Crippen LogP contribution in [-0.4, -0.2) is 0 Å². The smallest absolute Gasteiger partial charge is 0.0249 e. The molecule has 0 spiro atoms. The van der Waals surface area contributed by atoms with E-state index >= 15 is 0 Å². The van der Waals surface area contributed by atoms with Crippen LogP contribution in [-0.2, 0) is 6.42 Å². The molecule has 170 valence electrons. The van der Waals surface area contributed by atoms with Gasteiger partial charge < -0.3 is 0 Å². The number of benzene rings is 1. The zero-order chi connectivity index (χ0) is 21.7. The highest BCUT2D eigenvalue weighted by Crippen LogP contribution is 2.42. The Kier molecular flexibility index (Phi) is 10.8. The van der Waals surface area contributed by atoms with Crippen molar-refractivity contribution in [2.45, 2.75) is 110 Å². The van der Waals surface area contributed by atoms with Crippen LogP contribution in [0.1, 0.15) is 115 Å². The summed E-state index contributed by atoms with van der Waals surface area (Å²) in [6.07, 6.45) is 25.7. The van der Waals surface area contributed by atoms with E-state index in [0.29, 0.717) is 0 Å². The van der Waals surface area contributed by atoms with Gasteiger partial charge in [-0.05, 0) is 98.8 Å². The number of unbranched alkanes of at least 4 members (excludes halogenated alkanes) is 3. The Labute approximate surface area is 193 Å². The molecule has 0 N–H and O–H groups in total. The Morgan fingerprint density at radius 1 is 0.774 bits per heavy atom. The highest BCUT2D eigenvalue weighted by atomic mass is 14.4. The first kappa shape index (κ1) is 24.2. The van der Waals surface area contributed by atoms with Crippen molar-refractivity contribution < 1.29 is 0 Å². The predicted molar refractivity (Wildman–Crippen MR) is 136 cm³/mol. The molecule has 0 radical (unpaired) electrons. The highest BCUT2D eigenvalue weighted by molar-refractivity contribution is 5.38. The minimum Gasteiger partial charge on any atom is -0.0730 e. The lowest BCUT2D eigenvalue weighted by Gasteiger charge is -2.37. The van der Waals surface area contributed by atoms with Crippen molar-refractivity contribution in [3.05, 3.63) is 47.5 Å². The molecule has 0 saturated heterocycles. The molecule has 1 aromatic rings. The van der Waals surface area contributed by atoms with Gasteiger partial charge in [0.05, 0.1) is 0 Å². The van der Waals surface area contributed by atoms with Gasteiger partial charge in [-0.25, -0.2) is 0 Å². The molecule has 3 rings (SSSR count). The van der Waals surface area contributed by atoms with E-state index in [-0.39, 0.29) is 0 Å². The predicted octanol–water partition coefficient (Wildman–Crippen LogP) is 9.13. The molecule has 2 aliphatic carbocycles. The first-order chi connectivity index (χ1) is 15.3. The minimum atomic E-state index is 0.757. The van der Waals surface area contributed by atoms with Crippen molar-refractivity contribution in [1.82, 2.24) is 0 Å². The van der Waals surface area contributed by atoms with Crippen molar-refractivity contribution in [2.24, 2.45) is 23.7 Å². The van der Waals surface area contributed by atoms with Crippen LogP contribution in [0, 0.1) is 35.5 Å². The minimum absolute atomic E-state index is 0.757. The van der Waals surface area contributed by atoms with E-state index in [4.69, 9.17) is 0 Å². The van der Waals surface area contributed by atoms with Crippen molar-refractivity contribution in [2.75, 3.05) is 0 Å². The average Bonchev–Trinajstić information content (AvgIpc) is 2.82. The summed E-state index contributed by atoms with van der Waals surface area (Å²) in [7, 11) is 0. The number of aryl methyl sites for hydroxylation is 1. The SMILES string of the molecule is CCCCCc1ccc(C#C/C=C/C2CCC(C3CCC(CCCC)CC3)CC2)cc1. The second-order valence-electron chi connectivity index (χ2n) is 10.4. The van der Waals surface area contributed by atoms with E-state index < -0.39 is 0 Å². The van der Waals surface area contributed by atoms with Gasteiger partial charge in [0.15, 0.2) is 0 Å². The summed E-state index contributed by atoms with van der Waals surface area (Å²) in [6, 6.07) is 8.87. The van der Waals surface area contributed by atoms with Crippen LogP contribution < -0.4 is 0 Å². The van der Waals surface area contributed by atoms with Crippen LogP contribution in [0.25, 0.3) is 0 Å². The van der Waals surface area contributed by atoms with Crippen LogP contribution in [0.2, 0.25) is 0 Å². The third-order valence-electron chi connectivity index (χ3n) is 8.03. The van der Waals surface area contributed by atoms with Gasteiger partial charge in [-0.1, -0.05) is 88.8 Å². The Balaban J connectivity index is 1.35. The number of allylic oxidation sites excluding steroid dienone is 2. The van der Waals surface area contributed by atoms with Gasteiger partial charge >= 0.3 is 0 Å². The zero-order valence-corrected chi connectivity index (χ0v) is 20.4. The summed E-state index contributed by atoms with van der Waals surface area (Å²) in [4.78, 5) is 0. The molecule has 0 aliphatic heterocycles. The molecule has 2 saturated carbocycles. The van der Waals surface area contributed by atoms with Gasteiger partial charge in [-0.2, -0.15) is 0 Å². The lowest BCUT2D eigenvalue weighted by atomic mass is 9.68. The Morgan fingerprint density at radius 2 is 1.42 bits per heavy atom. The van der Waals surface area contributed by atoms with Gasteiger partial charge in [0, 0.05) is 5.56 Å². The fraction of sp³-hybridized carbons (Fsp3) is 0.677. The summed E-state index contributed by atoms with van der Waals surface area (Å²) in [5.41, 5.74) is 2.59. The van der Waals surface area contributed by atoms with Crippen LogP contribution in [0.4, 0.5) is 0 Å². The van der Waals surface area contributed by atoms with Gasteiger partial charge in [0.1, 0.15) is 0 Å². The largest absolute Gasteiger partial charge is 0.0730 e. The quantitative estimate of drug-likeness (QED) is 0.277. The molecule has 0 aromatic heterocycles. The maximum absolute atomic E-state index is 3.32. The van der Waals surface area contributed by atoms with Crippen LogP contribution in [0.3, 0.4) is 0 Å². The maximum Gasteiger partial charge on any atom is 0.0249 e. The van der Waals surface area contributed by atoms with Crippen LogP contribution in [0.5, 0.6) is 0 Å². The van der Waals surface area contributed by atoms with Crippen LogP contribution in [0.15, 0.2) is 36.4 Å².